The standard InChI is InChI=1S/C9H15N3O2S2/c10-4-8-3-9(5-11-8)16(13,14)12-7-1-2-15-6-7/h3,5,7,11-12H,1-2,4,6,10H2. The third kappa shape index (κ3) is 2.60. The molecule has 5 nitrogen and oxygen atoms in total. The molecular formula is C9H15N3O2S2. The van der Waals surface area contributed by atoms with E-state index in [9.17, 15) is 8.42 Å². The van der Waals surface area contributed by atoms with Crippen LogP contribution in [0.1, 0.15) is 12.1 Å². The summed E-state index contributed by atoms with van der Waals surface area (Å²) in [6.45, 7) is 0.314. The predicted octanol–water partition coefficient (Wildman–Crippen LogP) is 0.257. The molecule has 0 spiro atoms. The van der Waals surface area contributed by atoms with Gasteiger partial charge in [-0.05, 0) is 18.2 Å². The molecule has 1 unspecified atom stereocenters. The Morgan fingerprint density at radius 3 is 3.00 bits per heavy atom. The van der Waals surface area contributed by atoms with Gasteiger partial charge in [0.15, 0.2) is 0 Å². The lowest BCUT2D eigenvalue weighted by Crippen LogP contribution is -2.34. The first kappa shape index (κ1) is 12.0. The summed E-state index contributed by atoms with van der Waals surface area (Å²) in [6, 6.07) is 1.64. The van der Waals surface area contributed by atoms with Gasteiger partial charge >= 0.3 is 0 Å². The van der Waals surface area contributed by atoms with E-state index < -0.39 is 10.0 Å². The van der Waals surface area contributed by atoms with Crippen LogP contribution in [0.2, 0.25) is 0 Å². The Labute approximate surface area is 99.2 Å². The van der Waals surface area contributed by atoms with Crippen molar-refractivity contribution in [1.29, 1.82) is 0 Å². The van der Waals surface area contributed by atoms with Gasteiger partial charge < -0.3 is 10.7 Å². The molecule has 1 atom stereocenters. The topological polar surface area (TPSA) is 88.0 Å². The molecule has 0 bridgehead atoms. The molecule has 16 heavy (non-hydrogen) atoms. The summed E-state index contributed by atoms with van der Waals surface area (Å²) in [4.78, 5) is 3.11. The van der Waals surface area contributed by atoms with Crippen molar-refractivity contribution in [1.82, 2.24) is 9.71 Å². The van der Waals surface area contributed by atoms with Crippen molar-refractivity contribution in [2.45, 2.75) is 23.9 Å². The van der Waals surface area contributed by atoms with Crippen molar-refractivity contribution in [2.24, 2.45) is 5.73 Å². The van der Waals surface area contributed by atoms with E-state index >= 15 is 0 Å². The van der Waals surface area contributed by atoms with Crippen molar-refractivity contribution in [3.05, 3.63) is 18.0 Å². The highest BCUT2D eigenvalue weighted by Gasteiger charge is 2.23. The molecule has 90 valence electrons. The number of hydrogen-bond donors (Lipinski definition) is 3. The molecule has 1 fully saturated rings. The minimum atomic E-state index is -3.38. The Morgan fingerprint density at radius 1 is 1.62 bits per heavy atom. The maximum Gasteiger partial charge on any atom is 0.242 e. The molecule has 0 radical (unpaired) electrons. The van der Waals surface area contributed by atoms with E-state index in [1.165, 1.54) is 6.20 Å². The number of hydrogen-bond acceptors (Lipinski definition) is 4. The van der Waals surface area contributed by atoms with Crippen LogP contribution in [0.25, 0.3) is 0 Å². The third-order valence-electron chi connectivity index (χ3n) is 2.50. The second-order valence-corrected chi connectivity index (χ2v) is 6.61. The monoisotopic (exact) mass is 261 g/mol. The van der Waals surface area contributed by atoms with Crippen LogP contribution >= 0.6 is 11.8 Å². The smallest absolute Gasteiger partial charge is 0.242 e. The third-order valence-corrected chi connectivity index (χ3v) is 5.16. The van der Waals surface area contributed by atoms with Gasteiger partial charge in [0.2, 0.25) is 10.0 Å². The van der Waals surface area contributed by atoms with Crippen LogP contribution in [-0.2, 0) is 16.6 Å². The van der Waals surface area contributed by atoms with Crippen LogP contribution in [0.3, 0.4) is 0 Å². The van der Waals surface area contributed by atoms with Gasteiger partial charge in [-0.25, -0.2) is 13.1 Å². The lowest BCUT2D eigenvalue weighted by Gasteiger charge is -2.10. The molecule has 1 aromatic rings. The van der Waals surface area contributed by atoms with Crippen molar-refractivity contribution >= 4 is 21.8 Å². The Kier molecular flexibility index (Phi) is 3.58. The molecule has 2 heterocycles. The van der Waals surface area contributed by atoms with Crippen molar-refractivity contribution in [3.8, 4) is 0 Å². The van der Waals surface area contributed by atoms with Crippen LogP contribution < -0.4 is 10.5 Å². The normalized spacial score (nSPS) is 21.4. The quantitative estimate of drug-likeness (QED) is 0.725. The minimum absolute atomic E-state index is 0.0613. The highest BCUT2D eigenvalue weighted by atomic mass is 32.2. The van der Waals surface area contributed by atoms with E-state index in [4.69, 9.17) is 5.73 Å². The molecule has 0 aromatic carbocycles. The van der Waals surface area contributed by atoms with Crippen LogP contribution in [-0.4, -0.2) is 30.9 Å². The number of rotatable bonds is 4. The van der Waals surface area contributed by atoms with Gasteiger partial charge in [-0.2, -0.15) is 11.8 Å². The molecule has 4 N–H and O–H groups in total. The maximum absolute atomic E-state index is 11.9. The zero-order valence-corrected chi connectivity index (χ0v) is 10.4. The Hall–Kier alpha value is -0.500. The van der Waals surface area contributed by atoms with Crippen molar-refractivity contribution in [2.75, 3.05) is 11.5 Å². The minimum Gasteiger partial charge on any atom is -0.363 e. The number of sulfonamides is 1. The largest absolute Gasteiger partial charge is 0.363 e. The van der Waals surface area contributed by atoms with E-state index in [1.807, 2.05) is 0 Å². The summed E-state index contributed by atoms with van der Waals surface area (Å²) in [7, 11) is -3.38. The number of nitrogens with two attached hydrogens (primary N) is 1. The first-order valence-corrected chi connectivity index (χ1v) is 7.73. The van der Waals surface area contributed by atoms with Gasteiger partial charge in [-0.1, -0.05) is 0 Å². The molecule has 1 aliphatic heterocycles. The van der Waals surface area contributed by atoms with E-state index in [0.29, 0.717) is 6.54 Å². The predicted molar refractivity (Wildman–Crippen MR) is 64.7 cm³/mol. The summed E-state index contributed by atoms with van der Waals surface area (Å²) in [5, 5.41) is 0. The van der Waals surface area contributed by atoms with Crippen molar-refractivity contribution in [3.63, 3.8) is 0 Å². The first-order valence-electron chi connectivity index (χ1n) is 5.09. The molecule has 1 saturated heterocycles. The van der Waals surface area contributed by atoms with Gasteiger partial charge in [0.1, 0.15) is 0 Å². The fraction of sp³-hybridized carbons (Fsp3) is 0.556. The lowest BCUT2D eigenvalue weighted by atomic mass is 10.3. The Balaban J connectivity index is 2.11. The first-order chi connectivity index (χ1) is 7.62. The average Bonchev–Trinajstić information content (AvgIpc) is 2.85. The SMILES string of the molecule is NCc1cc(S(=O)(=O)NC2CCSC2)c[nH]1. The summed E-state index contributed by atoms with van der Waals surface area (Å²) in [6.07, 6.45) is 2.38. The highest BCUT2D eigenvalue weighted by molar-refractivity contribution is 7.99. The number of aromatic nitrogens is 1. The fourth-order valence-corrected chi connectivity index (χ4v) is 4.15. The second kappa shape index (κ2) is 4.79. The van der Waals surface area contributed by atoms with Gasteiger partial charge in [0, 0.05) is 30.2 Å². The van der Waals surface area contributed by atoms with E-state index in [-0.39, 0.29) is 10.9 Å². The zero-order chi connectivity index (χ0) is 11.6. The maximum atomic E-state index is 11.9. The Morgan fingerprint density at radius 2 is 2.44 bits per heavy atom. The van der Waals surface area contributed by atoms with Gasteiger partial charge in [0.25, 0.3) is 0 Å². The number of aromatic amines is 1. The van der Waals surface area contributed by atoms with Crippen LogP contribution in [0, 0.1) is 0 Å². The van der Waals surface area contributed by atoms with Crippen LogP contribution in [0.15, 0.2) is 17.2 Å². The van der Waals surface area contributed by atoms with E-state index in [1.54, 1.807) is 17.8 Å². The molecule has 0 amide bonds. The lowest BCUT2D eigenvalue weighted by molar-refractivity contribution is 0.563. The van der Waals surface area contributed by atoms with Crippen LogP contribution in [0.4, 0.5) is 0 Å². The van der Waals surface area contributed by atoms with Crippen LogP contribution in [0.5, 0.6) is 0 Å². The average molecular weight is 261 g/mol. The van der Waals surface area contributed by atoms with E-state index in [2.05, 4.69) is 9.71 Å². The van der Waals surface area contributed by atoms with E-state index in [0.717, 1.165) is 23.6 Å². The number of thioether (sulfide) groups is 1. The summed E-state index contributed by atoms with van der Waals surface area (Å²) in [5.41, 5.74) is 6.14. The van der Waals surface area contributed by atoms with Gasteiger partial charge in [-0.15, -0.1) is 0 Å². The van der Waals surface area contributed by atoms with Gasteiger partial charge in [-0.3, -0.25) is 0 Å². The molecule has 2 rings (SSSR count). The summed E-state index contributed by atoms with van der Waals surface area (Å²) in [5.74, 6) is 1.88. The van der Waals surface area contributed by atoms with Crippen molar-refractivity contribution < 1.29 is 8.42 Å². The highest BCUT2D eigenvalue weighted by Crippen LogP contribution is 2.19. The summed E-state index contributed by atoms with van der Waals surface area (Å²) < 4.78 is 26.6. The zero-order valence-electron chi connectivity index (χ0n) is 8.77. The molecule has 1 aromatic heterocycles. The number of H-pyrrole nitrogens is 1. The number of nitrogens with one attached hydrogen (secondary N) is 2. The Bertz CT molecular complexity index is 449. The second-order valence-electron chi connectivity index (χ2n) is 3.75. The van der Waals surface area contributed by atoms with Gasteiger partial charge in [0.05, 0.1) is 4.90 Å². The fourth-order valence-electron chi connectivity index (χ4n) is 1.61. The molecule has 0 saturated carbocycles. The molecule has 1 aliphatic rings. The molecule has 0 aliphatic carbocycles. The molecular weight excluding hydrogens is 246 g/mol. The summed E-state index contributed by atoms with van der Waals surface area (Å²) >= 11 is 1.77. The molecule has 7 heteroatoms.